The van der Waals surface area contributed by atoms with Crippen molar-refractivity contribution >= 4 is 29.4 Å². The zero-order chi connectivity index (χ0) is 29.6. The molecule has 2 aromatic carbocycles. The number of halogens is 4. The summed E-state index contributed by atoms with van der Waals surface area (Å²) in [6.45, 7) is 4.45. The van der Waals surface area contributed by atoms with Gasteiger partial charge < -0.3 is 20.1 Å². The lowest BCUT2D eigenvalue weighted by molar-refractivity contribution is -0.137. The highest BCUT2D eigenvalue weighted by Crippen LogP contribution is 2.32. The van der Waals surface area contributed by atoms with E-state index in [9.17, 15) is 22.4 Å². The summed E-state index contributed by atoms with van der Waals surface area (Å²) < 4.78 is 54.8. The van der Waals surface area contributed by atoms with Gasteiger partial charge in [-0.25, -0.2) is 14.2 Å². The molecule has 0 spiro atoms. The van der Waals surface area contributed by atoms with E-state index in [-0.39, 0.29) is 0 Å². The lowest BCUT2D eigenvalue weighted by atomic mass is 10.1. The fourth-order valence-electron chi connectivity index (χ4n) is 4.14. The number of carbonyl (C=O) groups is 1. The van der Waals surface area contributed by atoms with Gasteiger partial charge in [-0.05, 0) is 53.6 Å². The maximum Gasteiger partial charge on any atom is 0.416 e. The highest BCUT2D eigenvalue weighted by atomic mass is 19.4. The summed E-state index contributed by atoms with van der Waals surface area (Å²) in [6.07, 6.45) is 2.59. The Bertz CT molecular complexity index is 1620. The minimum Gasteiger partial charge on any atom is -0.352 e. The largest absolute Gasteiger partial charge is 0.416 e. The maximum absolute atomic E-state index is 14.1. The van der Waals surface area contributed by atoms with E-state index in [4.69, 9.17) is 4.98 Å². The lowest BCUT2D eigenvalue weighted by Gasteiger charge is -2.21. The Morgan fingerprint density at radius 3 is 2.54 bits per heavy atom. The smallest absolute Gasteiger partial charge is 0.352 e. The molecular formula is C29H27F4N7O. The van der Waals surface area contributed by atoms with E-state index in [1.807, 2.05) is 36.3 Å². The quantitative estimate of drug-likeness (QED) is 0.259. The highest BCUT2D eigenvalue weighted by Gasteiger charge is 2.31. The van der Waals surface area contributed by atoms with Crippen LogP contribution in [0.5, 0.6) is 0 Å². The molecule has 0 saturated carbocycles. The molecule has 212 valence electrons. The lowest BCUT2D eigenvalue weighted by Crippen LogP contribution is -2.30. The molecule has 0 aliphatic heterocycles. The number of hydrogen-bond acceptors (Lipinski definition) is 5. The van der Waals surface area contributed by atoms with Crippen LogP contribution >= 0.6 is 0 Å². The van der Waals surface area contributed by atoms with E-state index in [2.05, 4.69) is 27.2 Å². The minimum atomic E-state index is -4.68. The number of nitrogens with zero attached hydrogens (tertiary/aromatic N) is 5. The van der Waals surface area contributed by atoms with Gasteiger partial charge in [0.25, 0.3) is 0 Å². The predicted molar refractivity (Wildman–Crippen MR) is 150 cm³/mol. The number of alkyl halides is 3. The standard InChI is InChI=1S/C29H27F4N7O/c1-4-40-18-23(36-27(26(40)34-2)39(3)17-19-10-12-35-13-11-19)15-20-6-5-7-22(14-20)37-28(41)38-25-16-21(29(31,32)33)8-9-24(25)30/h4-14,16,18H,1,15,17H2,2-3H3,(H2,37,38,41). The van der Waals surface area contributed by atoms with Gasteiger partial charge in [0.15, 0.2) is 11.3 Å². The van der Waals surface area contributed by atoms with Gasteiger partial charge in [-0.15, -0.1) is 0 Å². The topological polar surface area (TPSA) is 87.4 Å². The molecule has 2 aromatic heterocycles. The molecule has 4 aromatic rings. The second-order valence-corrected chi connectivity index (χ2v) is 9.05. The van der Waals surface area contributed by atoms with Gasteiger partial charge in [0, 0.05) is 57.5 Å². The third-order valence-corrected chi connectivity index (χ3v) is 6.03. The second-order valence-electron chi connectivity index (χ2n) is 9.05. The zero-order valence-corrected chi connectivity index (χ0v) is 22.3. The molecule has 0 aliphatic carbocycles. The number of nitrogens with one attached hydrogen (secondary N) is 2. The average Bonchev–Trinajstić information content (AvgIpc) is 2.93. The average molecular weight is 566 g/mol. The Balaban J connectivity index is 1.53. The van der Waals surface area contributed by atoms with Crippen LogP contribution < -0.4 is 21.0 Å². The van der Waals surface area contributed by atoms with E-state index in [0.29, 0.717) is 53.9 Å². The fourth-order valence-corrected chi connectivity index (χ4v) is 4.14. The summed E-state index contributed by atoms with van der Waals surface area (Å²) >= 11 is 0. The summed E-state index contributed by atoms with van der Waals surface area (Å²) in [7, 11) is 3.58. The number of benzene rings is 2. The van der Waals surface area contributed by atoms with Crippen LogP contribution in [-0.2, 0) is 19.1 Å². The van der Waals surface area contributed by atoms with Crippen molar-refractivity contribution in [2.75, 3.05) is 29.6 Å². The number of aromatic nitrogens is 3. The molecule has 2 N–H and O–H groups in total. The molecule has 0 radical (unpaired) electrons. The number of anilines is 3. The van der Waals surface area contributed by atoms with Crippen LogP contribution in [-0.4, -0.2) is 34.7 Å². The minimum absolute atomic E-state index is 0.360. The van der Waals surface area contributed by atoms with Crippen molar-refractivity contribution in [1.82, 2.24) is 14.5 Å². The first-order chi connectivity index (χ1) is 19.6. The van der Waals surface area contributed by atoms with Crippen LogP contribution in [0.25, 0.3) is 6.20 Å². The van der Waals surface area contributed by atoms with E-state index in [1.165, 1.54) is 0 Å². The molecule has 41 heavy (non-hydrogen) atoms. The molecular weight excluding hydrogens is 538 g/mol. The molecule has 8 nitrogen and oxygen atoms in total. The predicted octanol–water partition coefficient (Wildman–Crippen LogP) is 5.94. The number of carbonyl (C=O) groups excluding carboxylic acids is 1. The van der Waals surface area contributed by atoms with Crippen LogP contribution in [0.4, 0.5) is 39.5 Å². The third kappa shape index (κ3) is 7.35. The maximum atomic E-state index is 14.1. The van der Waals surface area contributed by atoms with Crippen molar-refractivity contribution in [2.45, 2.75) is 19.1 Å². The Morgan fingerprint density at radius 2 is 1.85 bits per heavy atom. The van der Waals surface area contributed by atoms with Gasteiger partial charge in [-0.1, -0.05) is 18.7 Å². The first-order valence-corrected chi connectivity index (χ1v) is 12.4. The Kier molecular flexibility index (Phi) is 8.81. The zero-order valence-electron chi connectivity index (χ0n) is 22.3. The van der Waals surface area contributed by atoms with Crippen LogP contribution in [0, 0.1) is 5.82 Å². The summed E-state index contributed by atoms with van der Waals surface area (Å²) in [6, 6.07) is 11.6. The summed E-state index contributed by atoms with van der Waals surface area (Å²) in [4.78, 5) is 27.7. The molecule has 0 saturated heterocycles. The number of pyridine rings is 1. The highest BCUT2D eigenvalue weighted by molar-refractivity contribution is 5.99. The van der Waals surface area contributed by atoms with Crippen molar-refractivity contribution in [3.63, 3.8) is 0 Å². The summed E-state index contributed by atoms with van der Waals surface area (Å²) in [5.41, 5.74) is 1.85. The first kappa shape index (κ1) is 29.0. The number of hydrogen-bond donors (Lipinski definition) is 2. The Hall–Kier alpha value is -5.00. The van der Waals surface area contributed by atoms with Gasteiger partial charge in [0.2, 0.25) is 0 Å². The number of urea groups is 1. The molecule has 0 atom stereocenters. The second kappa shape index (κ2) is 12.5. The molecule has 0 aliphatic rings. The monoisotopic (exact) mass is 565 g/mol. The van der Waals surface area contributed by atoms with Gasteiger partial charge >= 0.3 is 12.2 Å². The van der Waals surface area contributed by atoms with Crippen molar-refractivity contribution in [1.29, 1.82) is 0 Å². The van der Waals surface area contributed by atoms with Crippen molar-refractivity contribution in [3.05, 3.63) is 113 Å². The fraction of sp³-hybridized carbons (Fsp3) is 0.172. The number of amides is 2. The van der Waals surface area contributed by atoms with Crippen molar-refractivity contribution in [2.24, 2.45) is 4.99 Å². The molecule has 2 amide bonds. The van der Waals surface area contributed by atoms with Crippen molar-refractivity contribution < 1.29 is 22.4 Å². The first-order valence-electron chi connectivity index (χ1n) is 12.4. The van der Waals surface area contributed by atoms with Crippen molar-refractivity contribution in [3.8, 4) is 0 Å². The Labute approximate surface area is 233 Å². The van der Waals surface area contributed by atoms with E-state index in [1.54, 1.807) is 48.4 Å². The molecule has 2 heterocycles. The van der Waals surface area contributed by atoms with E-state index in [0.717, 1.165) is 11.1 Å². The van der Waals surface area contributed by atoms with Crippen LogP contribution in [0.3, 0.4) is 0 Å². The van der Waals surface area contributed by atoms with Crippen LogP contribution in [0.2, 0.25) is 0 Å². The van der Waals surface area contributed by atoms with Crippen LogP contribution in [0.1, 0.15) is 22.4 Å². The van der Waals surface area contributed by atoms with Gasteiger partial charge in [0.1, 0.15) is 5.82 Å². The van der Waals surface area contributed by atoms with E-state index >= 15 is 0 Å². The molecule has 4 rings (SSSR count). The summed E-state index contributed by atoms with van der Waals surface area (Å²) in [5.74, 6) is -0.353. The SMILES string of the molecule is C=Cn1cc(Cc2cccc(NC(=O)Nc3cc(C(F)(F)F)ccc3F)c2)nc(N(C)Cc2ccncc2)c1=NC. The van der Waals surface area contributed by atoms with Gasteiger partial charge in [0.05, 0.1) is 16.9 Å². The third-order valence-electron chi connectivity index (χ3n) is 6.03. The van der Waals surface area contributed by atoms with Gasteiger partial charge in [-0.3, -0.25) is 9.98 Å². The van der Waals surface area contributed by atoms with Crippen LogP contribution in [0.15, 0.2) is 84.8 Å². The van der Waals surface area contributed by atoms with Gasteiger partial charge in [-0.2, -0.15) is 13.2 Å². The molecule has 0 bridgehead atoms. The number of rotatable bonds is 8. The molecule has 12 heteroatoms. The Morgan fingerprint density at radius 1 is 1.10 bits per heavy atom. The van der Waals surface area contributed by atoms with E-state index < -0.39 is 29.3 Å². The summed E-state index contributed by atoms with van der Waals surface area (Å²) in [5, 5.41) is 4.67. The normalized spacial score (nSPS) is 11.7. The molecule has 0 fully saturated rings. The molecule has 0 unspecified atom stereocenters.